The molecule has 1 aliphatic heterocycles. The van der Waals surface area contributed by atoms with Gasteiger partial charge in [0.05, 0.1) is 6.54 Å². The van der Waals surface area contributed by atoms with E-state index in [1.807, 2.05) is 0 Å². The van der Waals surface area contributed by atoms with Gasteiger partial charge in [0.25, 0.3) is 5.92 Å². The molecular formula is C6H8F5NO3S. The van der Waals surface area contributed by atoms with Crippen molar-refractivity contribution in [3.8, 4) is 0 Å². The molecule has 10 heteroatoms. The number of likely N-dealkylation sites (N-methyl/N-ethyl adjacent to an activating group) is 1. The molecule has 96 valence electrons. The summed E-state index contributed by atoms with van der Waals surface area (Å²) < 4.78 is 86.1. The predicted octanol–water partition coefficient (Wildman–Crippen LogP) is 0.802. The Morgan fingerprint density at radius 1 is 1.38 bits per heavy atom. The van der Waals surface area contributed by atoms with E-state index in [0.717, 1.165) is 4.90 Å². The maximum absolute atomic E-state index is 13.0. The van der Waals surface area contributed by atoms with Gasteiger partial charge in [0.1, 0.15) is 0 Å². The van der Waals surface area contributed by atoms with Crippen molar-refractivity contribution < 1.29 is 34.6 Å². The largest absolute Gasteiger partial charge is 0.523 e. The maximum Gasteiger partial charge on any atom is 0.523 e. The van der Waals surface area contributed by atoms with Crippen molar-refractivity contribution in [1.82, 2.24) is 4.90 Å². The van der Waals surface area contributed by atoms with Crippen LogP contribution in [-0.2, 0) is 14.3 Å². The predicted molar refractivity (Wildman–Crippen MR) is 42.3 cm³/mol. The first-order valence-electron chi connectivity index (χ1n) is 4.01. The molecule has 1 atom stereocenters. The molecule has 0 aromatic heterocycles. The van der Waals surface area contributed by atoms with E-state index in [-0.39, 0.29) is 0 Å². The molecule has 0 N–H and O–H groups in total. The molecular weight excluding hydrogens is 261 g/mol. The van der Waals surface area contributed by atoms with Crippen molar-refractivity contribution in [3.63, 3.8) is 0 Å². The van der Waals surface area contributed by atoms with Gasteiger partial charge in [-0.05, 0) is 7.05 Å². The number of halogens is 5. The van der Waals surface area contributed by atoms with E-state index in [4.69, 9.17) is 0 Å². The molecule has 0 amide bonds. The number of hydrogen-bond acceptors (Lipinski definition) is 4. The van der Waals surface area contributed by atoms with Gasteiger partial charge in [0.15, 0.2) is 6.10 Å². The molecule has 1 aliphatic rings. The Bertz CT molecular complexity index is 365. The second kappa shape index (κ2) is 3.77. The van der Waals surface area contributed by atoms with E-state index < -0.39 is 40.7 Å². The highest BCUT2D eigenvalue weighted by Gasteiger charge is 2.55. The normalized spacial score (nSPS) is 27.2. The summed E-state index contributed by atoms with van der Waals surface area (Å²) in [4.78, 5) is 0.983. The fourth-order valence-electron chi connectivity index (χ4n) is 1.25. The van der Waals surface area contributed by atoms with E-state index in [9.17, 15) is 30.4 Å². The molecule has 4 nitrogen and oxygen atoms in total. The lowest BCUT2D eigenvalue weighted by Crippen LogP contribution is -2.39. The topological polar surface area (TPSA) is 46.6 Å². The molecule has 1 rings (SSSR count). The van der Waals surface area contributed by atoms with Crippen LogP contribution in [0, 0.1) is 0 Å². The molecule has 0 bridgehead atoms. The van der Waals surface area contributed by atoms with Crippen molar-refractivity contribution in [2.45, 2.75) is 17.5 Å². The summed E-state index contributed by atoms with van der Waals surface area (Å²) in [5.41, 5.74) is -5.69. The number of rotatable bonds is 2. The minimum Gasteiger partial charge on any atom is -0.298 e. The summed E-state index contributed by atoms with van der Waals surface area (Å²) in [7, 11) is -4.76. The average molecular weight is 269 g/mol. The van der Waals surface area contributed by atoms with Crippen molar-refractivity contribution in [3.05, 3.63) is 0 Å². The Labute approximate surface area is 88.1 Å². The van der Waals surface area contributed by atoms with Gasteiger partial charge in [0.2, 0.25) is 0 Å². The van der Waals surface area contributed by atoms with Crippen LogP contribution in [0.4, 0.5) is 22.0 Å². The molecule has 0 spiro atoms. The van der Waals surface area contributed by atoms with Crippen LogP contribution in [0.2, 0.25) is 0 Å². The third-order valence-electron chi connectivity index (χ3n) is 1.96. The van der Waals surface area contributed by atoms with Gasteiger partial charge in [-0.15, -0.1) is 0 Å². The smallest absolute Gasteiger partial charge is 0.298 e. The fourth-order valence-corrected chi connectivity index (χ4v) is 1.87. The van der Waals surface area contributed by atoms with E-state index in [1.165, 1.54) is 7.05 Å². The fraction of sp³-hybridized carbons (Fsp3) is 1.00. The van der Waals surface area contributed by atoms with E-state index in [0.29, 0.717) is 0 Å². The molecule has 0 radical (unpaired) electrons. The lowest BCUT2D eigenvalue weighted by molar-refractivity contribution is -0.0851. The summed E-state index contributed by atoms with van der Waals surface area (Å²) in [6.45, 7) is -1.42. The molecule has 1 unspecified atom stereocenters. The van der Waals surface area contributed by atoms with Crippen LogP contribution in [0.15, 0.2) is 0 Å². The van der Waals surface area contributed by atoms with Crippen LogP contribution >= 0.6 is 0 Å². The lowest BCUT2D eigenvalue weighted by atomic mass is 10.2. The molecule has 16 heavy (non-hydrogen) atoms. The third kappa shape index (κ3) is 2.61. The molecule has 0 aromatic rings. The number of hydrogen-bond donors (Lipinski definition) is 0. The van der Waals surface area contributed by atoms with Gasteiger partial charge in [-0.25, -0.2) is 8.78 Å². The Morgan fingerprint density at radius 3 is 2.19 bits per heavy atom. The number of alkyl halides is 5. The highest BCUT2D eigenvalue weighted by atomic mass is 32.2. The van der Waals surface area contributed by atoms with Gasteiger partial charge in [0, 0.05) is 6.54 Å². The van der Waals surface area contributed by atoms with Gasteiger partial charge in [-0.2, -0.15) is 21.6 Å². The van der Waals surface area contributed by atoms with Crippen molar-refractivity contribution in [2.75, 3.05) is 20.1 Å². The van der Waals surface area contributed by atoms with Crippen molar-refractivity contribution in [1.29, 1.82) is 0 Å². The monoisotopic (exact) mass is 269 g/mol. The molecule has 1 fully saturated rings. The van der Waals surface area contributed by atoms with E-state index >= 15 is 0 Å². The van der Waals surface area contributed by atoms with Gasteiger partial charge in [-0.3, -0.25) is 9.08 Å². The zero-order valence-corrected chi connectivity index (χ0v) is 8.78. The number of nitrogens with zero attached hydrogens (tertiary/aromatic N) is 1. The van der Waals surface area contributed by atoms with Crippen LogP contribution < -0.4 is 0 Å². The minimum absolute atomic E-state index is 0.581. The molecule has 1 heterocycles. The van der Waals surface area contributed by atoms with Gasteiger partial charge in [-0.1, -0.05) is 0 Å². The van der Waals surface area contributed by atoms with Crippen LogP contribution in [-0.4, -0.2) is 51.0 Å². The number of likely N-dealkylation sites (tertiary alicyclic amines) is 1. The minimum atomic E-state index is -5.98. The first-order chi connectivity index (χ1) is 6.96. The molecule has 0 aliphatic carbocycles. The second-order valence-electron chi connectivity index (χ2n) is 3.44. The van der Waals surface area contributed by atoms with Gasteiger partial charge >= 0.3 is 15.6 Å². The zero-order valence-electron chi connectivity index (χ0n) is 7.96. The molecule has 0 saturated carbocycles. The summed E-state index contributed by atoms with van der Waals surface area (Å²) in [5, 5.41) is 0. The summed E-state index contributed by atoms with van der Waals surface area (Å²) in [5.74, 6) is -3.62. The average Bonchev–Trinajstić information content (AvgIpc) is 2.20. The first-order valence-corrected chi connectivity index (χ1v) is 5.42. The highest BCUT2D eigenvalue weighted by molar-refractivity contribution is 7.87. The molecule has 0 aromatic carbocycles. The van der Waals surface area contributed by atoms with Crippen LogP contribution in [0.1, 0.15) is 0 Å². The summed E-state index contributed by atoms with van der Waals surface area (Å²) in [6.07, 6.45) is -2.30. The molecule has 1 saturated heterocycles. The third-order valence-corrected chi connectivity index (χ3v) is 3.01. The Hall–Kier alpha value is -0.480. The van der Waals surface area contributed by atoms with Gasteiger partial charge < -0.3 is 0 Å². The van der Waals surface area contributed by atoms with Crippen molar-refractivity contribution in [2.24, 2.45) is 0 Å². The highest BCUT2D eigenvalue weighted by Crippen LogP contribution is 2.34. The summed E-state index contributed by atoms with van der Waals surface area (Å²) in [6, 6.07) is 0. The van der Waals surface area contributed by atoms with Crippen LogP contribution in [0.3, 0.4) is 0 Å². The standard InChI is InChI=1S/C6H8F5NO3S/c1-12-2-4(5(7,8)3-12)15-16(13,14)6(9,10)11/h4H,2-3H2,1H3. The second-order valence-corrected chi connectivity index (χ2v) is 5.01. The maximum atomic E-state index is 13.0. The first kappa shape index (κ1) is 13.6. The van der Waals surface area contributed by atoms with Crippen LogP contribution in [0.25, 0.3) is 0 Å². The summed E-state index contributed by atoms with van der Waals surface area (Å²) >= 11 is 0. The quantitative estimate of drug-likeness (QED) is 0.422. The SMILES string of the molecule is CN1CC(OS(=O)(=O)C(F)(F)F)C(F)(F)C1. The van der Waals surface area contributed by atoms with E-state index in [2.05, 4.69) is 4.18 Å². The van der Waals surface area contributed by atoms with Crippen LogP contribution in [0.5, 0.6) is 0 Å². The Balaban J connectivity index is 2.84. The zero-order chi connectivity index (χ0) is 12.8. The van der Waals surface area contributed by atoms with Crippen molar-refractivity contribution >= 4 is 10.1 Å². The van der Waals surface area contributed by atoms with E-state index in [1.54, 1.807) is 0 Å². The Kier molecular flexibility index (Phi) is 3.20. The Morgan fingerprint density at radius 2 is 1.88 bits per heavy atom. The lowest BCUT2D eigenvalue weighted by Gasteiger charge is -2.18.